The van der Waals surface area contributed by atoms with E-state index in [2.05, 4.69) is 8.83 Å². The molecule has 0 saturated heterocycles. The number of para-hydroxylation sites is 2. The van der Waals surface area contributed by atoms with E-state index in [1.807, 2.05) is 0 Å². The van der Waals surface area contributed by atoms with Gasteiger partial charge in [-0.1, -0.05) is 36.4 Å². The first kappa shape index (κ1) is 16.7. The Morgan fingerprint density at radius 2 is 1.27 bits per heavy atom. The monoisotopic (exact) mass is 344 g/mol. The van der Waals surface area contributed by atoms with Crippen LogP contribution in [0.3, 0.4) is 0 Å². The molecule has 22 heavy (non-hydrogen) atoms. The maximum atomic E-state index is 12.3. The molecule has 1 N–H and O–H groups in total. The fraction of sp³-hybridized carbons (Fsp3) is 0.0769. The van der Waals surface area contributed by atoms with Crippen LogP contribution in [0.4, 0.5) is 0 Å². The first-order chi connectivity index (χ1) is 10.4. The highest BCUT2D eigenvalue weighted by molar-refractivity contribution is 7.62. The van der Waals surface area contributed by atoms with Crippen LogP contribution in [0, 0.1) is 0 Å². The van der Waals surface area contributed by atoms with Gasteiger partial charge in [-0.3, -0.25) is 9.42 Å². The largest absolute Gasteiger partial charge is 0.539 e. The predicted octanol–water partition coefficient (Wildman–Crippen LogP) is 4.02. The minimum atomic E-state index is -4.70. The molecular formula is C13H14O7P2. The van der Waals surface area contributed by atoms with E-state index < -0.39 is 15.6 Å². The van der Waals surface area contributed by atoms with Crippen LogP contribution in [-0.2, 0) is 18.0 Å². The van der Waals surface area contributed by atoms with Crippen molar-refractivity contribution in [2.24, 2.45) is 0 Å². The van der Waals surface area contributed by atoms with Gasteiger partial charge in [0.2, 0.25) is 0 Å². The van der Waals surface area contributed by atoms with Gasteiger partial charge in [-0.15, -0.1) is 0 Å². The first-order valence-electron chi connectivity index (χ1n) is 6.12. The van der Waals surface area contributed by atoms with E-state index in [1.165, 1.54) is 24.3 Å². The molecule has 2 rings (SSSR count). The molecule has 0 spiro atoms. The lowest BCUT2D eigenvalue weighted by Crippen LogP contribution is -2.02. The van der Waals surface area contributed by atoms with Crippen molar-refractivity contribution in [2.45, 2.75) is 0 Å². The van der Waals surface area contributed by atoms with Crippen molar-refractivity contribution < 1.29 is 31.9 Å². The average Bonchev–Trinajstić information content (AvgIpc) is 2.48. The second kappa shape index (κ2) is 7.09. The first-order valence-corrected chi connectivity index (χ1v) is 9.07. The number of hydrogen-bond acceptors (Lipinski definition) is 6. The van der Waals surface area contributed by atoms with Crippen molar-refractivity contribution in [3.05, 3.63) is 60.7 Å². The third-order valence-electron chi connectivity index (χ3n) is 2.35. The van der Waals surface area contributed by atoms with Crippen molar-refractivity contribution in [2.75, 3.05) is 7.11 Å². The highest BCUT2D eigenvalue weighted by atomic mass is 31.3. The Labute approximate surface area is 127 Å². The third-order valence-corrected chi connectivity index (χ3v) is 5.30. The number of benzene rings is 2. The Balaban J connectivity index is 2.11. The standard InChI is InChI=1S/C13H14O7P2/c1-17-22(16,19-13-10-6-3-7-11-13)20-21(14,15)18-12-8-4-2-5-9-12/h2-11H,1H3,(H,14,15). The lowest BCUT2D eigenvalue weighted by atomic mass is 10.3. The summed E-state index contributed by atoms with van der Waals surface area (Å²) in [7, 11) is -7.99. The number of phosphoric ester groups is 2. The summed E-state index contributed by atoms with van der Waals surface area (Å²) in [5, 5.41) is 0. The molecule has 7 nitrogen and oxygen atoms in total. The number of phosphoric acid groups is 2. The van der Waals surface area contributed by atoms with E-state index in [4.69, 9.17) is 9.05 Å². The molecule has 0 aliphatic rings. The Morgan fingerprint density at radius 3 is 1.73 bits per heavy atom. The molecule has 0 saturated carbocycles. The molecule has 0 radical (unpaired) electrons. The Kier molecular flexibility index (Phi) is 5.40. The van der Waals surface area contributed by atoms with Crippen LogP contribution in [0.1, 0.15) is 0 Å². The molecule has 0 amide bonds. The molecule has 2 aromatic rings. The van der Waals surface area contributed by atoms with E-state index in [0.717, 1.165) is 7.11 Å². The van der Waals surface area contributed by atoms with E-state index in [9.17, 15) is 14.0 Å². The maximum absolute atomic E-state index is 12.3. The summed E-state index contributed by atoms with van der Waals surface area (Å²) in [6, 6.07) is 15.8. The second-order valence-electron chi connectivity index (χ2n) is 3.99. The smallest absolute Gasteiger partial charge is 0.404 e. The van der Waals surface area contributed by atoms with Gasteiger partial charge in [-0.05, 0) is 24.3 Å². The molecular weight excluding hydrogens is 330 g/mol. The van der Waals surface area contributed by atoms with Crippen LogP contribution in [-0.4, -0.2) is 12.0 Å². The summed E-state index contributed by atoms with van der Waals surface area (Å²) >= 11 is 0. The highest BCUT2D eigenvalue weighted by Gasteiger charge is 2.39. The van der Waals surface area contributed by atoms with E-state index >= 15 is 0 Å². The average molecular weight is 344 g/mol. The van der Waals surface area contributed by atoms with Crippen molar-refractivity contribution in [3.8, 4) is 11.5 Å². The molecule has 118 valence electrons. The Morgan fingerprint density at radius 1 is 0.818 bits per heavy atom. The van der Waals surface area contributed by atoms with Crippen LogP contribution in [0.2, 0.25) is 0 Å². The summed E-state index contributed by atoms with van der Waals surface area (Å²) in [6.07, 6.45) is 0. The van der Waals surface area contributed by atoms with Crippen molar-refractivity contribution >= 4 is 15.6 Å². The molecule has 0 aromatic heterocycles. The minimum absolute atomic E-state index is 0.0793. The zero-order valence-electron chi connectivity index (χ0n) is 11.6. The van der Waals surface area contributed by atoms with Gasteiger partial charge in [-0.2, -0.15) is 4.31 Å². The fourth-order valence-electron chi connectivity index (χ4n) is 1.46. The second-order valence-corrected chi connectivity index (χ2v) is 7.20. The van der Waals surface area contributed by atoms with Gasteiger partial charge in [0, 0.05) is 7.11 Å². The molecule has 9 heteroatoms. The lowest BCUT2D eigenvalue weighted by Gasteiger charge is -2.19. The molecule has 2 unspecified atom stereocenters. The van der Waals surface area contributed by atoms with Gasteiger partial charge in [0.05, 0.1) is 0 Å². The van der Waals surface area contributed by atoms with Gasteiger partial charge in [-0.25, -0.2) is 9.13 Å². The van der Waals surface area contributed by atoms with Gasteiger partial charge in [0.25, 0.3) is 0 Å². The summed E-state index contributed by atoms with van der Waals surface area (Å²) in [5.41, 5.74) is 0. The quantitative estimate of drug-likeness (QED) is 0.759. The van der Waals surface area contributed by atoms with Crippen LogP contribution >= 0.6 is 15.6 Å². The molecule has 0 fully saturated rings. The molecule has 2 atom stereocenters. The van der Waals surface area contributed by atoms with Crippen LogP contribution in [0.15, 0.2) is 60.7 Å². The highest BCUT2D eigenvalue weighted by Crippen LogP contribution is 2.62. The Bertz CT molecular complexity index is 690. The number of rotatable bonds is 7. The molecule has 0 bridgehead atoms. The van der Waals surface area contributed by atoms with Gasteiger partial charge in [0.15, 0.2) is 0 Å². The van der Waals surface area contributed by atoms with Gasteiger partial charge >= 0.3 is 15.6 Å². The molecule has 0 aliphatic heterocycles. The normalized spacial score (nSPS) is 16.3. The lowest BCUT2D eigenvalue weighted by molar-refractivity contribution is 0.212. The summed E-state index contributed by atoms with van der Waals surface area (Å²) in [5.74, 6) is 0.239. The summed E-state index contributed by atoms with van der Waals surface area (Å²) in [6.45, 7) is 0. The molecule has 0 aliphatic carbocycles. The van der Waals surface area contributed by atoms with E-state index in [1.54, 1.807) is 36.4 Å². The summed E-state index contributed by atoms with van der Waals surface area (Å²) < 4.78 is 43.2. The van der Waals surface area contributed by atoms with Gasteiger partial charge in [0.1, 0.15) is 11.5 Å². The zero-order chi connectivity index (χ0) is 16.1. The SMILES string of the molecule is COP(=O)(Oc1ccccc1)OP(=O)(O)Oc1ccccc1. The molecule has 0 heterocycles. The van der Waals surface area contributed by atoms with E-state index in [0.29, 0.717) is 0 Å². The van der Waals surface area contributed by atoms with Crippen LogP contribution in [0.25, 0.3) is 0 Å². The van der Waals surface area contributed by atoms with E-state index in [-0.39, 0.29) is 11.5 Å². The molecule has 2 aromatic carbocycles. The predicted molar refractivity (Wildman–Crippen MR) is 79.7 cm³/mol. The topological polar surface area (TPSA) is 91.3 Å². The third kappa shape index (κ3) is 4.98. The fourth-order valence-corrected chi connectivity index (χ4v) is 3.84. The Hall–Kier alpha value is -1.62. The van der Waals surface area contributed by atoms with Crippen LogP contribution < -0.4 is 9.05 Å². The maximum Gasteiger partial charge on any atom is 0.539 e. The summed E-state index contributed by atoms with van der Waals surface area (Å²) in [4.78, 5) is 9.69. The zero-order valence-corrected chi connectivity index (χ0v) is 13.4. The van der Waals surface area contributed by atoms with Crippen LogP contribution in [0.5, 0.6) is 11.5 Å². The van der Waals surface area contributed by atoms with Gasteiger partial charge < -0.3 is 9.05 Å². The van der Waals surface area contributed by atoms with Crippen molar-refractivity contribution in [3.63, 3.8) is 0 Å². The van der Waals surface area contributed by atoms with Crippen molar-refractivity contribution in [1.82, 2.24) is 0 Å². The van der Waals surface area contributed by atoms with Crippen molar-refractivity contribution in [1.29, 1.82) is 0 Å². The number of hydrogen-bond donors (Lipinski definition) is 1. The minimum Gasteiger partial charge on any atom is -0.404 e.